The van der Waals surface area contributed by atoms with Gasteiger partial charge in [0, 0.05) is 33.3 Å². The van der Waals surface area contributed by atoms with Gasteiger partial charge in [-0.1, -0.05) is 23.4 Å². The Morgan fingerprint density at radius 2 is 1.91 bits per heavy atom. The highest BCUT2D eigenvalue weighted by Gasteiger charge is 2.17. The number of thioether (sulfide) groups is 1. The van der Waals surface area contributed by atoms with E-state index in [0.29, 0.717) is 17.4 Å². The van der Waals surface area contributed by atoms with Crippen molar-refractivity contribution < 1.29 is 9.47 Å². The molecule has 0 saturated carbocycles. The Kier molecular flexibility index (Phi) is 4.57. The summed E-state index contributed by atoms with van der Waals surface area (Å²) in [5.41, 5.74) is 5.23. The van der Waals surface area contributed by atoms with Gasteiger partial charge in [-0.15, -0.1) is 0 Å². The standard InChI is InChI=1S/C16H17ClN2O2S/c1-9-10(2)18-16(19-11(9)3)22-7-13-5-14(17)4-12-6-20-8-21-15(12)13/h4-5H,6-8H2,1-3H3. The van der Waals surface area contributed by atoms with Crippen LogP contribution >= 0.6 is 23.4 Å². The molecule has 0 bridgehead atoms. The van der Waals surface area contributed by atoms with Gasteiger partial charge in [-0.3, -0.25) is 0 Å². The molecule has 0 atom stereocenters. The van der Waals surface area contributed by atoms with Gasteiger partial charge in [0.25, 0.3) is 0 Å². The van der Waals surface area contributed by atoms with Crippen molar-refractivity contribution in [2.45, 2.75) is 38.3 Å². The van der Waals surface area contributed by atoms with Crippen LogP contribution in [0.5, 0.6) is 5.75 Å². The van der Waals surface area contributed by atoms with Gasteiger partial charge in [0.2, 0.25) is 0 Å². The van der Waals surface area contributed by atoms with Gasteiger partial charge >= 0.3 is 0 Å². The van der Waals surface area contributed by atoms with Crippen molar-refractivity contribution in [1.82, 2.24) is 9.97 Å². The Bertz CT molecular complexity index is 699. The Morgan fingerprint density at radius 3 is 2.64 bits per heavy atom. The molecule has 6 heteroatoms. The van der Waals surface area contributed by atoms with E-state index in [2.05, 4.69) is 9.97 Å². The van der Waals surface area contributed by atoms with Crippen LogP contribution in [-0.2, 0) is 17.1 Å². The first-order chi connectivity index (χ1) is 10.5. The molecule has 0 fully saturated rings. The molecule has 1 aliphatic rings. The predicted octanol–water partition coefficient (Wildman–Crippen LogP) is 4.21. The smallest absolute Gasteiger partial charge is 0.189 e. The highest BCUT2D eigenvalue weighted by molar-refractivity contribution is 7.98. The number of hydrogen-bond acceptors (Lipinski definition) is 5. The van der Waals surface area contributed by atoms with Gasteiger partial charge in [-0.25, -0.2) is 9.97 Å². The maximum atomic E-state index is 6.18. The molecule has 2 heterocycles. The van der Waals surface area contributed by atoms with Crippen LogP contribution in [0.2, 0.25) is 5.02 Å². The molecule has 0 saturated heterocycles. The van der Waals surface area contributed by atoms with Crippen LogP contribution in [-0.4, -0.2) is 16.8 Å². The topological polar surface area (TPSA) is 44.2 Å². The molecule has 4 nitrogen and oxygen atoms in total. The van der Waals surface area contributed by atoms with E-state index >= 15 is 0 Å². The second-order valence-corrected chi connectivity index (χ2v) is 6.63. The van der Waals surface area contributed by atoms with Gasteiger partial charge < -0.3 is 9.47 Å². The fourth-order valence-corrected chi connectivity index (χ4v) is 3.48. The summed E-state index contributed by atoms with van der Waals surface area (Å²) in [7, 11) is 0. The summed E-state index contributed by atoms with van der Waals surface area (Å²) in [5, 5.41) is 1.47. The molecule has 1 aromatic heterocycles. The van der Waals surface area contributed by atoms with Crippen LogP contribution < -0.4 is 4.74 Å². The summed E-state index contributed by atoms with van der Waals surface area (Å²) in [6, 6.07) is 3.83. The van der Waals surface area contributed by atoms with Crippen molar-refractivity contribution >= 4 is 23.4 Å². The first-order valence-electron chi connectivity index (χ1n) is 7.01. The molecule has 0 spiro atoms. The average molecular weight is 337 g/mol. The first-order valence-corrected chi connectivity index (χ1v) is 8.37. The zero-order valence-electron chi connectivity index (χ0n) is 12.8. The molecule has 0 aliphatic carbocycles. The number of benzene rings is 1. The molecular weight excluding hydrogens is 320 g/mol. The molecule has 0 N–H and O–H groups in total. The number of fused-ring (bicyclic) bond motifs is 1. The molecule has 0 amide bonds. The number of aromatic nitrogens is 2. The molecule has 0 radical (unpaired) electrons. The summed E-state index contributed by atoms with van der Waals surface area (Å²) in [5.74, 6) is 1.59. The Labute approximate surface area is 139 Å². The summed E-state index contributed by atoms with van der Waals surface area (Å²) in [4.78, 5) is 9.07. The second-order valence-electron chi connectivity index (χ2n) is 5.25. The molecule has 1 aromatic carbocycles. The minimum absolute atomic E-state index is 0.283. The van der Waals surface area contributed by atoms with Gasteiger partial charge in [0.15, 0.2) is 11.9 Å². The van der Waals surface area contributed by atoms with Crippen LogP contribution in [0.15, 0.2) is 17.3 Å². The van der Waals surface area contributed by atoms with E-state index in [0.717, 1.165) is 39.0 Å². The molecule has 2 aromatic rings. The number of nitrogens with zero attached hydrogens (tertiary/aromatic N) is 2. The zero-order valence-corrected chi connectivity index (χ0v) is 14.3. The predicted molar refractivity (Wildman–Crippen MR) is 87.5 cm³/mol. The average Bonchev–Trinajstić information content (AvgIpc) is 2.50. The quantitative estimate of drug-likeness (QED) is 0.620. The highest BCUT2D eigenvalue weighted by Crippen LogP contribution is 2.35. The molecule has 116 valence electrons. The second kappa shape index (κ2) is 6.44. The maximum absolute atomic E-state index is 6.18. The SMILES string of the molecule is Cc1nc(SCc2cc(Cl)cc3c2OCOC3)nc(C)c1C. The Hall–Kier alpha value is -1.30. The number of hydrogen-bond donors (Lipinski definition) is 0. The van der Waals surface area contributed by atoms with E-state index < -0.39 is 0 Å². The third-order valence-electron chi connectivity index (χ3n) is 3.72. The lowest BCUT2D eigenvalue weighted by Crippen LogP contribution is -2.13. The summed E-state index contributed by atoms with van der Waals surface area (Å²) >= 11 is 7.77. The van der Waals surface area contributed by atoms with Crippen LogP contribution in [0.25, 0.3) is 0 Å². The Balaban J connectivity index is 1.84. The van der Waals surface area contributed by atoms with Crippen molar-refractivity contribution in [2.24, 2.45) is 0 Å². The molecule has 22 heavy (non-hydrogen) atoms. The van der Waals surface area contributed by atoms with Crippen LogP contribution in [0.3, 0.4) is 0 Å². The summed E-state index contributed by atoms with van der Waals surface area (Å²) in [6.45, 7) is 6.88. The monoisotopic (exact) mass is 336 g/mol. The van der Waals surface area contributed by atoms with Crippen LogP contribution in [0.4, 0.5) is 0 Å². The van der Waals surface area contributed by atoms with E-state index in [1.807, 2.05) is 32.9 Å². The van der Waals surface area contributed by atoms with Gasteiger partial charge in [0.1, 0.15) is 5.75 Å². The normalized spacial score (nSPS) is 13.6. The van der Waals surface area contributed by atoms with Crippen molar-refractivity contribution in [3.63, 3.8) is 0 Å². The largest absolute Gasteiger partial charge is 0.467 e. The minimum Gasteiger partial charge on any atom is -0.467 e. The van der Waals surface area contributed by atoms with Crippen molar-refractivity contribution in [3.05, 3.63) is 45.2 Å². The molecular formula is C16H17ClN2O2S. The molecule has 0 unspecified atom stereocenters. The van der Waals surface area contributed by atoms with Gasteiger partial charge in [-0.05, 0) is 38.5 Å². The van der Waals surface area contributed by atoms with Gasteiger partial charge in [0.05, 0.1) is 6.61 Å². The third kappa shape index (κ3) is 3.21. The number of ether oxygens (including phenoxy) is 2. The number of aryl methyl sites for hydroxylation is 2. The first kappa shape index (κ1) is 15.6. The third-order valence-corrected chi connectivity index (χ3v) is 4.83. The van der Waals surface area contributed by atoms with E-state index in [-0.39, 0.29) is 6.79 Å². The van der Waals surface area contributed by atoms with Crippen LogP contribution in [0.1, 0.15) is 28.1 Å². The van der Waals surface area contributed by atoms with Crippen LogP contribution in [0, 0.1) is 20.8 Å². The van der Waals surface area contributed by atoms with Crippen molar-refractivity contribution in [1.29, 1.82) is 0 Å². The fourth-order valence-electron chi connectivity index (χ4n) is 2.31. The number of halogens is 1. The van der Waals surface area contributed by atoms with E-state index in [4.69, 9.17) is 21.1 Å². The lowest BCUT2D eigenvalue weighted by Gasteiger charge is -2.21. The van der Waals surface area contributed by atoms with E-state index in [9.17, 15) is 0 Å². The highest BCUT2D eigenvalue weighted by atomic mass is 35.5. The summed E-state index contributed by atoms with van der Waals surface area (Å²) < 4.78 is 10.9. The van der Waals surface area contributed by atoms with Crippen molar-refractivity contribution in [2.75, 3.05) is 6.79 Å². The number of rotatable bonds is 3. The lowest BCUT2D eigenvalue weighted by molar-refractivity contribution is -0.0168. The zero-order chi connectivity index (χ0) is 15.7. The van der Waals surface area contributed by atoms with E-state index in [1.54, 1.807) is 11.8 Å². The lowest BCUT2D eigenvalue weighted by atomic mass is 10.1. The maximum Gasteiger partial charge on any atom is 0.189 e. The molecule has 1 aliphatic heterocycles. The van der Waals surface area contributed by atoms with Crippen molar-refractivity contribution in [3.8, 4) is 5.75 Å². The summed E-state index contributed by atoms with van der Waals surface area (Å²) in [6.07, 6.45) is 0. The fraction of sp³-hybridized carbons (Fsp3) is 0.375. The minimum atomic E-state index is 0.283. The molecule has 3 rings (SSSR count). The Morgan fingerprint density at radius 1 is 1.18 bits per heavy atom. The van der Waals surface area contributed by atoms with E-state index in [1.165, 1.54) is 0 Å². The van der Waals surface area contributed by atoms with Gasteiger partial charge in [-0.2, -0.15) is 0 Å².